The highest BCUT2D eigenvalue weighted by Gasteiger charge is 2.41. The van der Waals surface area contributed by atoms with Gasteiger partial charge in [-0.2, -0.15) is 4.31 Å². The third-order valence-electron chi connectivity index (χ3n) is 4.71. The van der Waals surface area contributed by atoms with E-state index in [2.05, 4.69) is 5.32 Å². The Hall–Kier alpha value is -0.670. The van der Waals surface area contributed by atoms with E-state index in [0.717, 1.165) is 5.56 Å². The van der Waals surface area contributed by atoms with Crippen LogP contribution in [0.2, 0.25) is 5.02 Å². The zero-order chi connectivity index (χ0) is 17.4. The highest BCUT2D eigenvalue weighted by atomic mass is 35.5. The number of halogens is 1. The van der Waals surface area contributed by atoms with Gasteiger partial charge in [0.05, 0.1) is 22.8 Å². The summed E-state index contributed by atoms with van der Waals surface area (Å²) in [6.07, 6.45) is 0.341. The highest BCUT2D eigenvalue weighted by molar-refractivity contribution is 7.92. The van der Waals surface area contributed by atoms with Gasteiger partial charge in [0.15, 0.2) is 0 Å². The number of hydrogen-bond acceptors (Lipinski definition) is 5. The molecule has 6 nitrogen and oxygen atoms in total. The van der Waals surface area contributed by atoms with Crippen LogP contribution in [0.1, 0.15) is 24.4 Å². The summed E-state index contributed by atoms with van der Waals surface area (Å²) in [6.45, 7) is 1.43. The number of benzene rings is 1. The Balaban J connectivity index is 1.89. The molecule has 0 radical (unpaired) electrons. The number of hydrogen-bond donors (Lipinski definition) is 1. The van der Waals surface area contributed by atoms with Crippen molar-refractivity contribution in [1.29, 1.82) is 0 Å². The van der Waals surface area contributed by atoms with Crippen molar-refractivity contribution in [2.75, 3.05) is 31.1 Å². The average Bonchev–Trinajstić information content (AvgIpc) is 2.55. The fraction of sp³-hybridized carbons (Fsp3) is 0.600. The molecule has 2 saturated heterocycles. The van der Waals surface area contributed by atoms with Crippen LogP contribution in [0.15, 0.2) is 24.3 Å². The van der Waals surface area contributed by atoms with Gasteiger partial charge in [0, 0.05) is 24.7 Å². The maximum atomic E-state index is 13.1. The van der Waals surface area contributed by atoms with Crippen LogP contribution in [0.4, 0.5) is 0 Å². The number of nitrogens with zero attached hydrogens (tertiary/aromatic N) is 1. The Morgan fingerprint density at radius 2 is 1.83 bits per heavy atom. The van der Waals surface area contributed by atoms with Gasteiger partial charge in [0.1, 0.15) is 9.84 Å². The summed E-state index contributed by atoms with van der Waals surface area (Å²) in [7, 11) is -6.67. The maximum absolute atomic E-state index is 13.1. The van der Waals surface area contributed by atoms with Crippen LogP contribution in [0.3, 0.4) is 0 Å². The van der Waals surface area contributed by atoms with E-state index in [0.29, 0.717) is 24.7 Å². The topological polar surface area (TPSA) is 83.5 Å². The lowest BCUT2D eigenvalue weighted by atomic mass is 10.1. The van der Waals surface area contributed by atoms with Crippen LogP contribution in [0.25, 0.3) is 0 Å². The fourth-order valence-electron chi connectivity index (χ4n) is 3.36. The first-order chi connectivity index (χ1) is 11.3. The van der Waals surface area contributed by atoms with Crippen LogP contribution in [-0.2, 0) is 19.9 Å². The first-order valence-corrected chi connectivity index (χ1v) is 11.7. The summed E-state index contributed by atoms with van der Waals surface area (Å²) >= 11 is 6.27. The fourth-order valence-corrected chi connectivity index (χ4v) is 7.51. The predicted molar refractivity (Wildman–Crippen MR) is 94.4 cm³/mol. The number of sulfonamides is 1. The van der Waals surface area contributed by atoms with E-state index in [4.69, 9.17) is 11.6 Å². The minimum absolute atomic E-state index is 0.0558. The Kier molecular flexibility index (Phi) is 5.22. The number of piperazine rings is 1. The molecule has 1 N–H and O–H groups in total. The minimum Gasteiger partial charge on any atom is -0.313 e. The normalized spacial score (nSPS) is 26.3. The molecule has 0 aromatic heterocycles. The molecule has 24 heavy (non-hydrogen) atoms. The second-order valence-electron chi connectivity index (χ2n) is 6.25. The van der Waals surface area contributed by atoms with E-state index in [9.17, 15) is 16.8 Å². The van der Waals surface area contributed by atoms with Crippen molar-refractivity contribution < 1.29 is 16.8 Å². The second-order valence-corrected chi connectivity index (χ2v) is 11.1. The Morgan fingerprint density at radius 1 is 1.17 bits per heavy atom. The Labute approximate surface area is 148 Å². The molecule has 0 spiro atoms. The van der Waals surface area contributed by atoms with Crippen molar-refractivity contribution in [3.63, 3.8) is 0 Å². The van der Waals surface area contributed by atoms with Crippen LogP contribution >= 0.6 is 11.6 Å². The van der Waals surface area contributed by atoms with Crippen molar-refractivity contribution >= 4 is 31.5 Å². The van der Waals surface area contributed by atoms with Gasteiger partial charge >= 0.3 is 0 Å². The van der Waals surface area contributed by atoms with Crippen molar-refractivity contribution in [2.45, 2.75) is 24.1 Å². The van der Waals surface area contributed by atoms with Gasteiger partial charge in [-0.25, -0.2) is 16.8 Å². The molecule has 1 atom stereocenters. The molecule has 2 aliphatic rings. The molecule has 0 bridgehead atoms. The van der Waals surface area contributed by atoms with E-state index in [1.807, 2.05) is 18.2 Å². The molecule has 0 saturated carbocycles. The maximum Gasteiger partial charge on any atom is 0.217 e. The van der Waals surface area contributed by atoms with Crippen molar-refractivity contribution in [1.82, 2.24) is 9.62 Å². The molecule has 3 rings (SSSR count). The molecule has 2 aliphatic heterocycles. The molecule has 0 amide bonds. The SMILES string of the molecule is O=S1(=O)CCC(S(=O)(=O)N2CCNCC2c2ccccc2Cl)CC1. The van der Waals surface area contributed by atoms with Gasteiger partial charge in [-0.3, -0.25) is 0 Å². The van der Waals surface area contributed by atoms with Gasteiger partial charge in [0.25, 0.3) is 0 Å². The average molecular weight is 393 g/mol. The standard InChI is InChI=1S/C15H21ClN2O4S2/c16-14-4-2-1-3-13(14)15-11-17-7-8-18(15)24(21,22)12-5-9-23(19,20)10-6-12/h1-4,12,15,17H,5-11H2. The Bertz CT molecular complexity index is 797. The van der Waals surface area contributed by atoms with Gasteiger partial charge in [-0.05, 0) is 24.5 Å². The zero-order valence-corrected chi connectivity index (χ0v) is 15.6. The summed E-state index contributed by atoms with van der Waals surface area (Å²) < 4.78 is 50.9. The monoisotopic (exact) mass is 392 g/mol. The largest absolute Gasteiger partial charge is 0.313 e. The molecule has 2 fully saturated rings. The summed E-state index contributed by atoms with van der Waals surface area (Å²) in [5.41, 5.74) is 0.776. The summed E-state index contributed by atoms with van der Waals surface area (Å²) in [6, 6.07) is 6.88. The van der Waals surface area contributed by atoms with Gasteiger partial charge in [-0.15, -0.1) is 0 Å². The van der Waals surface area contributed by atoms with Gasteiger partial charge < -0.3 is 5.32 Å². The van der Waals surface area contributed by atoms with E-state index in [-0.39, 0.29) is 30.4 Å². The van der Waals surface area contributed by atoms with Gasteiger partial charge in [0.2, 0.25) is 10.0 Å². The van der Waals surface area contributed by atoms with Crippen LogP contribution in [0.5, 0.6) is 0 Å². The summed E-state index contributed by atoms with van der Waals surface area (Å²) in [5, 5.41) is 3.12. The molecule has 1 aromatic carbocycles. The quantitative estimate of drug-likeness (QED) is 0.835. The molecule has 134 valence electrons. The molecule has 1 aromatic rings. The minimum atomic E-state index is -3.58. The molecule has 0 aliphatic carbocycles. The predicted octanol–water partition coefficient (Wildman–Crippen LogP) is 1.19. The molecular weight excluding hydrogens is 372 g/mol. The van der Waals surface area contributed by atoms with Gasteiger partial charge in [-0.1, -0.05) is 29.8 Å². The number of nitrogens with one attached hydrogen (secondary N) is 1. The number of rotatable bonds is 3. The molecule has 2 heterocycles. The van der Waals surface area contributed by atoms with Crippen LogP contribution < -0.4 is 5.32 Å². The van der Waals surface area contributed by atoms with Crippen molar-refractivity contribution in [3.05, 3.63) is 34.9 Å². The van der Waals surface area contributed by atoms with E-state index in [1.165, 1.54) is 4.31 Å². The first kappa shape index (κ1) is 18.1. The smallest absolute Gasteiger partial charge is 0.217 e. The lowest BCUT2D eigenvalue weighted by molar-refractivity contribution is 0.267. The molecule has 9 heteroatoms. The zero-order valence-electron chi connectivity index (χ0n) is 13.2. The van der Waals surface area contributed by atoms with E-state index >= 15 is 0 Å². The molecule has 1 unspecified atom stereocenters. The third kappa shape index (κ3) is 3.62. The number of sulfone groups is 1. The summed E-state index contributed by atoms with van der Waals surface area (Å²) in [5.74, 6) is -0.112. The second kappa shape index (κ2) is 6.92. The van der Waals surface area contributed by atoms with Crippen LogP contribution in [-0.4, -0.2) is 57.5 Å². The summed E-state index contributed by atoms with van der Waals surface area (Å²) in [4.78, 5) is 0. The van der Waals surface area contributed by atoms with E-state index < -0.39 is 25.1 Å². The van der Waals surface area contributed by atoms with Crippen LogP contribution in [0, 0.1) is 0 Å². The third-order valence-corrected chi connectivity index (χ3v) is 9.17. The van der Waals surface area contributed by atoms with Crippen molar-refractivity contribution in [2.24, 2.45) is 0 Å². The Morgan fingerprint density at radius 3 is 2.50 bits per heavy atom. The van der Waals surface area contributed by atoms with Crippen molar-refractivity contribution in [3.8, 4) is 0 Å². The highest BCUT2D eigenvalue weighted by Crippen LogP contribution is 2.33. The van der Waals surface area contributed by atoms with E-state index in [1.54, 1.807) is 6.07 Å². The molecular formula is C15H21ClN2O4S2. The lowest BCUT2D eigenvalue weighted by Gasteiger charge is -2.38. The first-order valence-electron chi connectivity index (χ1n) is 7.97. The lowest BCUT2D eigenvalue weighted by Crippen LogP contribution is -2.52.